The molecule has 5 aromatic rings. The normalized spacial score (nSPS) is 17.4. The smallest absolute Gasteiger partial charge is 0.335 e. The van der Waals surface area contributed by atoms with Crippen LogP contribution in [0.15, 0.2) is 60.7 Å². The van der Waals surface area contributed by atoms with Crippen LogP contribution in [0.5, 0.6) is 5.88 Å². The molecular formula is C31H28ClN5O4S. The number of carbonyl (C=O) groups is 1. The summed E-state index contributed by atoms with van der Waals surface area (Å²) in [4.78, 5) is 28.2. The van der Waals surface area contributed by atoms with Crippen molar-refractivity contribution in [2.24, 2.45) is 0 Å². The number of aromatic carboxylic acids is 1. The van der Waals surface area contributed by atoms with E-state index in [0.29, 0.717) is 30.6 Å². The zero-order valence-corrected chi connectivity index (χ0v) is 24.3. The fourth-order valence-electron chi connectivity index (χ4n) is 5.38. The van der Waals surface area contributed by atoms with E-state index < -0.39 is 5.97 Å². The molecule has 0 amide bonds. The molecule has 2 aliphatic rings. The van der Waals surface area contributed by atoms with Gasteiger partial charge in [0.2, 0.25) is 5.88 Å². The number of carboxylic acids is 1. The molecule has 1 fully saturated rings. The summed E-state index contributed by atoms with van der Waals surface area (Å²) in [5.41, 5.74) is 4.80. The number of rotatable bonds is 9. The Morgan fingerprint density at radius 1 is 1.14 bits per heavy atom. The highest BCUT2D eigenvalue weighted by Crippen LogP contribution is 2.29. The van der Waals surface area contributed by atoms with E-state index in [2.05, 4.69) is 20.5 Å². The number of hydrogen-bond donors (Lipinski definition) is 1. The Bertz CT molecular complexity index is 1830. The Labute approximate surface area is 251 Å². The third-order valence-corrected chi connectivity index (χ3v) is 9.02. The highest BCUT2D eigenvalue weighted by molar-refractivity contribution is 7.18. The maximum atomic E-state index is 11.6. The average Bonchev–Trinajstić information content (AvgIpc) is 3.55. The minimum atomic E-state index is -0.940. The lowest BCUT2D eigenvalue weighted by Crippen LogP contribution is -2.33. The van der Waals surface area contributed by atoms with Crippen LogP contribution in [0.3, 0.4) is 0 Å². The number of carboxylic acid groups (broad SMARTS) is 1. The summed E-state index contributed by atoms with van der Waals surface area (Å²) in [5, 5.41) is 11.0. The van der Waals surface area contributed by atoms with Crippen LogP contribution in [0.25, 0.3) is 26.8 Å². The standard InChI is InChI=1S/C31H28ClN5O4S/c32-22-3-1-5-26-30(22)35-29(42-26)18-41-28-6-2-4-23(34-28)19-9-12-36(13-10-19)17-27-33-24-8-7-20(31(38)39)15-25(24)37(27)16-21-11-14-40-21/h1-9,15,21H,10-14,16-18H2,(H,38,39)/t21-/m0/s1. The number of ether oxygens (including phenoxy) is 2. The fraction of sp³-hybridized carbons (Fsp3) is 0.290. The van der Waals surface area contributed by atoms with Gasteiger partial charge in [0.25, 0.3) is 0 Å². The van der Waals surface area contributed by atoms with Gasteiger partial charge in [0.15, 0.2) is 0 Å². The lowest BCUT2D eigenvalue weighted by molar-refractivity contribution is -0.0591. The number of benzene rings is 2. The van der Waals surface area contributed by atoms with Gasteiger partial charge in [-0.3, -0.25) is 4.90 Å². The molecule has 0 unspecified atom stereocenters. The number of halogens is 1. The zero-order valence-electron chi connectivity index (χ0n) is 22.7. The third-order valence-electron chi connectivity index (χ3n) is 7.72. The van der Waals surface area contributed by atoms with Crippen LogP contribution in [-0.4, -0.2) is 61.3 Å². The maximum Gasteiger partial charge on any atom is 0.335 e. The lowest BCUT2D eigenvalue weighted by atomic mass is 10.0. The van der Waals surface area contributed by atoms with Gasteiger partial charge in [-0.05, 0) is 54.8 Å². The summed E-state index contributed by atoms with van der Waals surface area (Å²) >= 11 is 7.84. The number of pyridine rings is 1. The van der Waals surface area contributed by atoms with Crippen molar-refractivity contribution in [3.63, 3.8) is 0 Å². The summed E-state index contributed by atoms with van der Waals surface area (Å²) in [6.07, 6.45) is 4.20. The van der Waals surface area contributed by atoms with Crippen molar-refractivity contribution < 1.29 is 19.4 Å². The highest BCUT2D eigenvalue weighted by atomic mass is 35.5. The van der Waals surface area contributed by atoms with Gasteiger partial charge in [-0.25, -0.2) is 19.7 Å². The van der Waals surface area contributed by atoms with Gasteiger partial charge in [0, 0.05) is 25.8 Å². The van der Waals surface area contributed by atoms with Gasteiger partial charge in [0.05, 0.1) is 51.2 Å². The molecule has 5 heterocycles. The Kier molecular flexibility index (Phi) is 7.37. The van der Waals surface area contributed by atoms with Crippen molar-refractivity contribution in [1.82, 2.24) is 24.4 Å². The number of hydrogen-bond acceptors (Lipinski definition) is 8. The minimum absolute atomic E-state index is 0.135. The Morgan fingerprint density at radius 3 is 2.79 bits per heavy atom. The minimum Gasteiger partial charge on any atom is -0.478 e. The second kappa shape index (κ2) is 11.4. The van der Waals surface area contributed by atoms with Gasteiger partial charge in [-0.15, -0.1) is 11.3 Å². The van der Waals surface area contributed by atoms with E-state index in [1.165, 1.54) is 5.57 Å². The van der Waals surface area contributed by atoms with Crippen molar-refractivity contribution in [2.45, 2.75) is 38.6 Å². The molecule has 2 aliphatic heterocycles. The number of nitrogens with zero attached hydrogens (tertiary/aromatic N) is 5. The summed E-state index contributed by atoms with van der Waals surface area (Å²) in [7, 11) is 0. The first-order chi connectivity index (χ1) is 20.5. The van der Waals surface area contributed by atoms with Crippen LogP contribution >= 0.6 is 22.9 Å². The topological polar surface area (TPSA) is 103 Å². The van der Waals surface area contributed by atoms with Crippen LogP contribution in [-0.2, 0) is 24.4 Å². The quantitative estimate of drug-likeness (QED) is 0.218. The molecule has 1 atom stereocenters. The first kappa shape index (κ1) is 27.0. The summed E-state index contributed by atoms with van der Waals surface area (Å²) in [5.74, 6) is 0.544. The molecule has 1 saturated heterocycles. The van der Waals surface area contributed by atoms with Gasteiger partial charge in [0.1, 0.15) is 23.0 Å². The molecular weight excluding hydrogens is 574 g/mol. The molecule has 42 heavy (non-hydrogen) atoms. The maximum absolute atomic E-state index is 11.6. The number of thiazole rings is 1. The van der Waals surface area contributed by atoms with Gasteiger partial charge in [-0.1, -0.05) is 29.8 Å². The summed E-state index contributed by atoms with van der Waals surface area (Å²) in [6.45, 7) is 4.05. The Balaban J connectivity index is 1.04. The van der Waals surface area contributed by atoms with E-state index in [-0.39, 0.29) is 11.7 Å². The van der Waals surface area contributed by atoms with E-state index in [1.807, 2.05) is 36.4 Å². The largest absolute Gasteiger partial charge is 0.478 e. The SMILES string of the molecule is O=C(O)c1ccc2nc(CN3CC=C(c4cccc(OCc5nc6c(Cl)cccc6s5)n4)CC3)n(C[C@@H]3CCO3)c2c1. The van der Waals surface area contributed by atoms with E-state index in [9.17, 15) is 9.90 Å². The van der Waals surface area contributed by atoms with E-state index >= 15 is 0 Å². The molecule has 0 aliphatic carbocycles. The van der Waals surface area contributed by atoms with Crippen molar-refractivity contribution in [3.05, 3.63) is 87.8 Å². The van der Waals surface area contributed by atoms with Crippen LogP contribution in [0.2, 0.25) is 5.02 Å². The molecule has 0 saturated carbocycles. The second-order valence-corrected chi connectivity index (χ2v) is 12.0. The molecule has 7 rings (SSSR count). The summed E-state index contributed by atoms with van der Waals surface area (Å²) < 4.78 is 14.9. The molecule has 11 heteroatoms. The van der Waals surface area contributed by atoms with Crippen LogP contribution in [0.4, 0.5) is 0 Å². The Morgan fingerprint density at radius 2 is 2.02 bits per heavy atom. The monoisotopic (exact) mass is 601 g/mol. The Hall–Kier alpha value is -3.83. The number of para-hydroxylation sites is 1. The number of imidazole rings is 1. The number of fused-ring (bicyclic) bond motifs is 2. The molecule has 3 aromatic heterocycles. The van der Waals surface area contributed by atoms with Crippen LogP contribution in [0.1, 0.15) is 39.7 Å². The zero-order chi connectivity index (χ0) is 28.6. The lowest BCUT2D eigenvalue weighted by Gasteiger charge is -2.29. The predicted molar refractivity (Wildman–Crippen MR) is 162 cm³/mol. The van der Waals surface area contributed by atoms with E-state index in [0.717, 1.165) is 70.3 Å². The van der Waals surface area contributed by atoms with Gasteiger partial charge in [-0.2, -0.15) is 0 Å². The van der Waals surface area contributed by atoms with Crippen LogP contribution in [0, 0.1) is 0 Å². The molecule has 9 nitrogen and oxygen atoms in total. The van der Waals surface area contributed by atoms with Gasteiger partial charge >= 0.3 is 5.97 Å². The molecule has 0 radical (unpaired) electrons. The third kappa shape index (κ3) is 5.50. The first-order valence-electron chi connectivity index (χ1n) is 13.9. The average molecular weight is 602 g/mol. The van der Waals surface area contributed by atoms with Crippen LogP contribution < -0.4 is 4.74 Å². The second-order valence-electron chi connectivity index (χ2n) is 10.5. The highest BCUT2D eigenvalue weighted by Gasteiger charge is 2.24. The van der Waals surface area contributed by atoms with Crippen molar-refractivity contribution in [1.29, 1.82) is 0 Å². The molecule has 0 bridgehead atoms. The molecule has 2 aromatic carbocycles. The first-order valence-corrected chi connectivity index (χ1v) is 15.1. The fourth-order valence-corrected chi connectivity index (χ4v) is 6.56. The van der Waals surface area contributed by atoms with E-state index in [1.54, 1.807) is 29.5 Å². The number of aromatic nitrogens is 4. The van der Waals surface area contributed by atoms with E-state index in [4.69, 9.17) is 31.0 Å². The van der Waals surface area contributed by atoms with Gasteiger partial charge < -0.3 is 19.1 Å². The van der Waals surface area contributed by atoms with Crippen molar-refractivity contribution in [2.75, 3.05) is 19.7 Å². The molecule has 0 spiro atoms. The molecule has 1 N–H and O–H groups in total. The summed E-state index contributed by atoms with van der Waals surface area (Å²) in [6, 6.07) is 16.8. The molecule has 214 valence electrons. The van der Waals surface area contributed by atoms with Crippen molar-refractivity contribution >= 4 is 55.7 Å². The predicted octanol–water partition coefficient (Wildman–Crippen LogP) is 6.05. The van der Waals surface area contributed by atoms with Crippen molar-refractivity contribution in [3.8, 4) is 5.88 Å².